The van der Waals surface area contributed by atoms with Gasteiger partial charge >= 0.3 is 0 Å². The third-order valence-corrected chi connectivity index (χ3v) is 6.52. The third kappa shape index (κ3) is 9.56. The zero-order valence-electron chi connectivity index (χ0n) is 22.8. The van der Waals surface area contributed by atoms with Crippen molar-refractivity contribution in [1.82, 2.24) is 0 Å². The molecule has 0 amide bonds. The van der Waals surface area contributed by atoms with Crippen LogP contribution in [0.5, 0.6) is 0 Å². The second-order valence-electron chi connectivity index (χ2n) is 9.59. The fourth-order valence-corrected chi connectivity index (χ4v) is 4.37. The SMILES string of the molecule is C=CC(OCc1ccccc1)C(OCc1ccccc1)C(OCc1ccccc1)C(O)COCc1ccccc1. The largest absolute Gasteiger partial charge is 0.388 e. The van der Waals surface area contributed by atoms with Crippen molar-refractivity contribution in [3.63, 3.8) is 0 Å². The van der Waals surface area contributed by atoms with Crippen LogP contribution in [0.2, 0.25) is 0 Å². The Morgan fingerprint density at radius 3 is 1.32 bits per heavy atom. The van der Waals surface area contributed by atoms with Gasteiger partial charge < -0.3 is 24.1 Å². The third-order valence-electron chi connectivity index (χ3n) is 6.52. The fraction of sp³-hybridized carbons (Fsp3) is 0.257. The quantitative estimate of drug-likeness (QED) is 0.155. The number of rotatable bonds is 17. The van der Waals surface area contributed by atoms with Crippen LogP contribution in [0.15, 0.2) is 134 Å². The van der Waals surface area contributed by atoms with E-state index >= 15 is 0 Å². The Morgan fingerprint density at radius 2 is 0.900 bits per heavy atom. The van der Waals surface area contributed by atoms with Gasteiger partial charge in [0, 0.05) is 0 Å². The van der Waals surface area contributed by atoms with Crippen molar-refractivity contribution in [2.24, 2.45) is 0 Å². The van der Waals surface area contributed by atoms with Gasteiger partial charge in [0.15, 0.2) is 0 Å². The zero-order valence-corrected chi connectivity index (χ0v) is 22.8. The van der Waals surface area contributed by atoms with Gasteiger partial charge in [-0.25, -0.2) is 0 Å². The fourth-order valence-electron chi connectivity index (χ4n) is 4.37. The predicted octanol–water partition coefficient (Wildman–Crippen LogP) is 6.51. The molecular weight excluding hydrogens is 500 g/mol. The lowest BCUT2D eigenvalue weighted by molar-refractivity contribution is -0.178. The first kappa shape index (κ1) is 29.4. The lowest BCUT2D eigenvalue weighted by Crippen LogP contribution is -2.49. The maximum atomic E-state index is 11.4. The average Bonchev–Trinajstić information content (AvgIpc) is 3.01. The van der Waals surface area contributed by atoms with E-state index in [-0.39, 0.29) is 6.61 Å². The highest BCUT2D eigenvalue weighted by Gasteiger charge is 2.36. The Balaban J connectivity index is 1.53. The minimum atomic E-state index is -0.976. The molecule has 0 fully saturated rings. The van der Waals surface area contributed by atoms with Gasteiger partial charge in [-0.05, 0) is 22.3 Å². The Kier molecular flexibility index (Phi) is 12.1. The second-order valence-corrected chi connectivity index (χ2v) is 9.59. The van der Waals surface area contributed by atoms with Crippen LogP contribution >= 0.6 is 0 Å². The predicted molar refractivity (Wildman–Crippen MR) is 157 cm³/mol. The molecule has 0 radical (unpaired) electrons. The number of aliphatic hydroxyl groups excluding tert-OH is 1. The van der Waals surface area contributed by atoms with Gasteiger partial charge in [-0.15, -0.1) is 6.58 Å². The van der Waals surface area contributed by atoms with Crippen LogP contribution in [-0.2, 0) is 45.4 Å². The van der Waals surface area contributed by atoms with Crippen molar-refractivity contribution in [1.29, 1.82) is 0 Å². The highest BCUT2D eigenvalue weighted by molar-refractivity contribution is 5.16. The molecule has 5 nitrogen and oxygen atoms in total. The highest BCUT2D eigenvalue weighted by atomic mass is 16.6. The van der Waals surface area contributed by atoms with E-state index in [4.69, 9.17) is 18.9 Å². The van der Waals surface area contributed by atoms with Crippen molar-refractivity contribution in [3.05, 3.63) is 156 Å². The van der Waals surface area contributed by atoms with Crippen molar-refractivity contribution in [2.45, 2.75) is 50.8 Å². The van der Waals surface area contributed by atoms with Crippen molar-refractivity contribution < 1.29 is 24.1 Å². The second kappa shape index (κ2) is 16.5. The Labute approximate surface area is 237 Å². The molecule has 0 heterocycles. The minimum Gasteiger partial charge on any atom is -0.388 e. The maximum Gasteiger partial charge on any atom is 0.116 e. The van der Waals surface area contributed by atoms with Crippen LogP contribution in [0.25, 0.3) is 0 Å². The first-order valence-electron chi connectivity index (χ1n) is 13.6. The van der Waals surface area contributed by atoms with Crippen LogP contribution in [0.3, 0.4) is 0 Å². The molecule has 0 saturated carbocycles. The molecular formula is C35H38O5. The standard InChI is InChI=1S/C35H38O5/c1-2-33(38-24-29-17-9-4-10-18-29)35(40-26-31-21-13-6-14-22-31)34(39-25-30-19-11-5-12-20-30)32(36)27-37-23-28-15-7-3-8-16-28/h2-22,32-36H,1,23-27H2. The number of hydrogen-bond acceptors (Lipinski definition) is 5. The van der Waals surface area contributed by atoms with E-state index in [9.17, 15) is 5.11 Å². The topological polar surface area (TPSA) is 57.2 Å². The first-order valence-corrected chi connectivity index (χ1v) is 13.6. The number of aliphatic hydroxyl groups is 1. The molecule has 0 aromatic heterocycles. The lowest BCUT2D eigenvalue weighted by atomic mass is 10.0. The number of benzene rings is 4. The maximum absolute atomic E-state index is 11.4. The van der Waals surface area contributed by atoms with Crippen LogP contribution in [-0.4, -0.2) is 36.1 Å². The summed E-state index contributed by atoms with van der Waals surface area (Å²) in [5, 5.41) is 11.4. The van der Waals surface area contributed by atoms with Crippen molar-refractivity contribution in [3.8, 4) is 0 Å². The summed E-state index contributed by atoms with van der Waals surface area (Å²) in [4.78, 5) is 0. The van der Waals surface area contributed by atoms with Crippen molar-refractivity contribution in [2.75, 3.05) is 6.61 Å². The molecule has 0 bridgehead atoms. The molecule has 4 aromatic carbocycles. The summed E-state index contributed by atoms with van der Waals surface area (Å²) in [6.45, 7) is 5.49. The van der Waals surface area contributed by atoms with Crippen LogP contribution in [0.1, 0.15) is 22.3 Å². The summed E-state index contributed by atoms with van der Waals surface area (Å²) in [5.74, 6) is 0. The number of hydrogen-bond donors (Lipinski definition) is 1. The van der Waals surface area contributed by atoms with E-state index in [0.29, 0.717) is 26.4 Å². The molecule has 0 spiro atoms. The molecule has 0 aliphatic rings. The molecule has 0 aliphatic heterocycles. The molecule has 208 valence electrons. The van der Waals surface area contributed by atoms with E-state index in [2.05, 4.69) is 6.58 Å². The minimum absolute atomic E-state index is 0.0715. The molecule has 0 saturated heterocycles. The van der Waals surface area contributed by atoms with Gasteiger partial charge in [0.1, 0.15) is 24.4 Å². The van der Waals surface area contributed by atoms with Crippen LogP contribution in [0.4, 0.5) is 0 Å². The summed E-state index contributed by atoms with van der Waals surface area (Å²) in [7, 11) is 0. The Hall–Kier alpha value is -3.58. The molecule has 4 rings (SSSR count). The molecule has 0 aliphatic carbocycles. The van der Waals surface area contributed by atoms with Gasteiger partial charge in [0.05, 0.1) is 33.0 Å². The average molecular weight is 539 g/mol. The molecule has 5 heteroatoms. The van der Waals surface area contributed by atoms with Gasteiger partial charge in [0.25, 0.3) is 0 Å². The van der Waals surface area contributed by atoms with Crippen LogP contribution in [0, 0.1) is 0 Å². The molecule has 4 unspecified atom stereocenters. The molecule has 4 atom stereocenters. The van der Waals surface area contributed by atoms with Crippen LogP contribution < -0.4 is 0 Å². The summed E-state index contributed by atoms with van der Waals surface area (Å²) < 4.78 is 25.1. The van der Waals surface area contributed by atoms with E-state index in [1.54, 1.807) is 6.08 Å². The Bertz CT molecular complexity index is 1220. The zero-order chi connectivity index (χ0) is 27.8. The van der Waals surface area contributed by atoms with Gasteiger partial charge in [-0.2, -0.15) is 0 Å². The van der Waals surface area contributed by atoms with E-state index in [0.717, 1.165) is 22.3 Å². The van der Waals surface area contributed by atoms with E-state index < -0.39 is 24.4 Å². The highest BCUT2D eigenvalue weighted by Crippen LogP contribution is 2.22. The first-order chi connectivity index (χ1) is 19.7. The summed E-state index contributed by atoms with van der Waals surface area (Å²) in [6, 6.07) is 39.6. The van der Waals surface area contributed by atoms with Gasteiger partial charge in [-0.3, -0.25) is 0 Å². The van der Waals surface area contributed by atoms with E-state index in [1.165, 1.54) is 0 Å². The molecule has 1 N–H and O–H groups in total. The molecule has 4 aromatic rings. The van der Waals surface area contributed by atoms with Gasteiger partial charge in [0.2, 0.25) is 0 Å². The van der Waals surface area contributed by atoms with Gasteiger partial charge in [-0.1, -0.05) is 127 Å². The van der Waals surface area contributed by atoms with E-state index in [1.807, 2.05) is 121 Å². The van der Waals surface area contributed by atoms with Crippen molar-refractivity contribution >= 4 is 0 Å². The summed E-state index contributed by atoms with van der Waals surface area (Å²) in [6.07, 6.45) is -1.21. The lowest BCUT2D eigenvalue weighted by Gasteiger charge is -2.35. The number of ether oxygens (including phenoxy) is 4. The molecule has 40 heavy (non-hydrogen) atoms. The normalized spacial score (nSPS) is 14.2. The monoisotopic (exact) mass is 538 g/mol. The smallest absolute Gasteiger partial charge is 0.116 e. The Morgan fingerprint density at radius 1 is 0.525 bits per heavy atom. The summed E-state index contributed by atoms with van der Waals surface area (Å²) in [5.41, 5.74) is 4.07. The summed E-state index contributed by atoms with van der Waals surface area (Å²) >= 11 is 0.